The summed E-state index contributed by atoms with van der Waals surface area (Å²) in [6, 6.07) is 3.75. The minimum absolute atomic E-state index is 0.0807. The van der Waals surface area contributed by atoms with Gasteiger partial charge in [0.1, 0.15) is 5.69 Å². The van der Waals surface area contributed by atoms with Gasteiger partial charge in [-0.05, 0) is 51.9 Å². The van der Waals surface area contributed by atoms with Crippen molar-refractivity contribution in [2.75, 3.05) is 32.8 Å². The number of nitrogens with one attached hydrogen (secondary N) is 1. The van der Waals surface area contributed by atoms with Crippen LogP contribution in [-0.2, 0) is 0 Å². The Labute approximate surface area is 136 Å². The summed E-state index contributed by atoms with van der Waals surface area (Å²) in [5, 5.41) is 3.01. The highest BCUT2D eigenvalue weighted by molar-refractivity contribution is 5.94. The molecule has 0 bridgehead atoms. The zero-order valence-electron chi connectivity index (χ0n) is 13.8. The van der Waals surface area contributed by atoms with E-state index in [1.54, 1.807) is 0 Å². The average Bonchev–Trinajstić information content (AvgIpc) is 3.15. The van der Waals surface area contributed by atoms with Crippen molar-refractivity contribution in [3.63, 3.8) is 0 Å². The first-order chi connectivity index (χ1) is 11.2. The molecule has 1 N–H and O–H groups in total. The molecular formula is C17H24N4O2. The molecule has 1 amide bonds. The lowest BCUT2D eigenvalue weighted by molar-refractivity contribution is 0.0943. The van der Waals surface area contributed by atoms with Crippen LogP contribution in [0.3, 0.4) is 0 Å². The number of carbonyl (C=O) groups excluding carboxylic acids is 1. The topological polar surface area (TPSA) is 58.9 Å². The van der Waals surface area contributed by atoms with Crippen LogP contribution in [0.25, 0.3) is 5.65 Å². The van der Waals surface area contributed by atoms with Gasteiger partial charge in [0.05, 0.1) is 12.3 Å². The monoisotopic (exact) mass is 316 g/mol. The lowest BCUT2D eigenvalue weighted by Gasteiger charge is -2.14. The molecule has 0 radical (unpaired) electrons. The number of aryl methyl sites for hydroxylation is 1. The van der Waals surface area contributed by atoms with E-state index >= 15 is 0 Å². The molecule has 0 atom stereocenters. The standard InChI is InChI=1S/C17H24N4O2/c1-3-23-14-7-6-11-21-15(13(2)19-16(14)21)17(22)18-8-12-20-9-4-5-10-20/h6-7,11H,3-5,8-10,12H2,1-2H3,(H,18,22). The van der Waals surface area contributed by atoms with Gasteiger partial charge in [-0.3, -0.25) is 9.20 Å². The van der Waals surface area contributed by atoms with Crippen LogP contribution in [-0.4, -0.2) is 53.0 Å². The predicted octanol–water partition coefficient (Wildman–Crippen LogP) is 1.87. The van der Waals surface area contributed by atoms with Gasteiger partial charge in [0.2, 0.25) is 0 Å². The van der Waals surface area contributed by atoms with E-state index in [0.29, 0.717) is 30.2 Å². The molecule has 1 fully saturated rings. The SMILES string of the molecule is CCOc1cccn2c(C(=O)NCCN3CCCC3)c(C)nc12. The minimum Gasteiger partial charge on any atom is -0.490 e. The number of nitrogens with zero attached hydrogens (tertiary/aromatic N) is 3. The van der Waals surface area contributed by atoms with E-state index in [1.807, 2.05) is 36.6 Å². The third-order valence-electron chi connectivity index (χ3n) is 4.22. The summed E-state index contributed by atoms with van der Waals surface area (Å²) < 4.78 is 7.41. The summed E-state index contributed by atoms with van der Waals surface area (Å²) in [6.07, 6.45) is 4.38. The van der Waals surface area contributed by atoms with E-state index in [9.17, 15) is 4.79 Å². The number of rotatable bonds is 6. The second-order valence-corrected chi connectivity index (χ2v) is 5.85. The Morgan fingerprint density at radius 2 is 2.17 bits per heavy atom. The Morgan fingerprint density at radius 3 is 2.91 bits per heavy atom. The van der Waals surface area contributed by atoms with Gasteiger partial charge in [0.15, 0.2) is 11.4 Å². The van der Waals surface area contributed by atoms with Crippen molar-refractivity contribution in [2.45, 2.75) is 26.7 Å². The van der Waals surface area contributed by atoms with Crippen LogP contribution < -0.4 is 10.1 Å². The van der Waals surface area contributed by atoms with Gasteiger partial charge in [0.25, 0.3) is 5.91 Å². The zero-order valence-corrected chi connectivity index (χ0v) is 13.8. The predicted molar refractivity (Wildman–Crippen MR) is 89.1 cm³/mol. The minimum atomic E-state index is -0.0807. The Bertz CT molecular complexity index is 689. The van der Waals surface area contributed by atoms with Crippen molar-refractivity contribution < 1.29 is 9.53 Å². The molecule has 0 unspecified atom stereocenters. The van der Waals surface area contributed by atoms with Crippen molar-refractivity contribution in [3.8, 4) is 5.75 Å². The number of likely N-dealkylation sites (tertiary alicyclic amines) is 1. The summed E-state index contributed by atoms with van der Waals surface area (Å²) in [4.78, 5) is 19.4. The van der Waals surface area contributed by atoms with Crippen LogP contribution in [0, 0.1) is 6.92 Å². The second-order valence-electron chi connectivity index (χ2n) is 5.85. The maximum absolute atomic E-state index is 12.6. The highest BCUT2D eigenvalue weighted by Gasteiger charge is 2.19. The molecule has 1 saturated heterocycles. The summed E-state index contributed by atoms with van der Waals surface area (Å²) in [7, 11) is 0. The van der Waals surface area contributed by atoms with Crippen molar-refractivity contribution >= 4 is 11.6 Å². The Kier molecular flexibility index (Phi) is 4.81. The molecule has 2 aromatic rings. The number of aromatic nitrogens is 2. The first kappa shape index (κ1) is 15.8. The Hall–Kier alpha value is -2.08. The Balaban J connectivity index is 1.74. The van der Waals surface area contributed by atoms with E-state index in [2.05, 4.69) is 15.2 Å². The first-order valence-electron chi connectivity index (χ1n) is 8.31. The van der Waals surface area contributed by atoms with E-state index in [1.165, 1.54) is 12.8 Å². The summed E-state index contributed by atoms with van der Waals surface area (Å²) in [6.45, 7) is 8.22. The maximum atomic E-state index is 12.6. The van der Waals surface area contributed by atoms with Crippen molar-refractivity contribution in [1.82, 2.24) is 19.6 Å². The summed E-state index contributed by atoms with van der Waals surface area (Å²) >= 11 is 0. The summed E-state index contributed by atoms with van der Waals surface area (Å²) in [5.74, 6) is 0.622. The van der Waals surface area contributed by atoms with Crippen LogP contribution in [0.1, 0.15) is 35.9 Å². The van der Waals surface area contributed by atoms with Crippen LogP contribution in [0.4, 0.5) is 0 Å². The second kappa shape index (κ2) is 7.00. The number of hydrogen-bond donors (Lipinski definition) is 1. The van der Waals surface area contributed by atoms with E-state index in [-0.39, 0.29) is 5.91 Å². The highest BCUT2D eigenvalue weighted by atomic mass is 16.5. The van der Waals surface area contributed by atoms with Gasteiger partial charge in [0, 0.05) is 19.3 Å². The molecule has 0 spiro atoms. The quantitative estimate of drug-likeness (QED) is 0.884. The fourth-order valence-corrected chi connectivity index (χ4v) is 3.12. The molecule has 3 heterocycles. The third kappa shape index (κ3) is 3.32. The molecule has 0 saturated carbocycles. The Morgan fingerprint density at radius 1 is 1.39 bits per heavy atom. The van der Waals surface area contributed by atoms with Gasteiger partial charge in [-0.1, -0.05) is 0 Å². The molecule has 2 aromatic heterocycles. The van der Waals surface area contributed by atoms with Crippen molar-refractivity contribution in [1.29, 1.82) is 0 Å². The number of hydrogen-bond acceptors (Lipinski definition) is 4. The maximum Gasteiger partial charge on any atom is 0.270 e. The third-order valence-corrected chi connectivity index (χ3v) is 4.22. The lowest BCUT2D eigenvalue weighted by atomic mass is 10.3. The summed E-state index contributed by atoms with van der Waals surface area (Å²) in [5.41, 5.74) is 2.00. The van der Waals surface area contributed by atoms with Crippen LogP contribution in [0.15, 0.2) is 18.3 Å². The van der Waals surface area contributed by atoms with Gasteiger partial charge in [-0.15, -0.1) is 0 Å². The van der Waals surface area contributed by atoms with Gasteiger partial charge >= 0.3 is 0 Å². The normalized spacial score (nSPS) is 15.2. The number of pyridine rings is 1. The molecule has 0 aromatic carbocycles. The van der Waals surface area contributed by atoms with E-state index in [0.717, 1.165) is 25.3 Å². The number of amides is 1. The smallest absolute Gasteiger partial charge is 0.270 e. The number of carbonyl (C=O) groups is 1. The van der Waals surface area contributed by atoms with Crippen LogP contribution in [0.2, 0.25) is 0 Å². The molecule has 0 aliphatic carbocycles. The van der Waals surface area contributed by atoms with Gasteiger partial charge in [-0.2, -0.15) is 0 Å². The fraction of sp³-hybridized carbons (Fsp3) is 0.529. The van der Waals surface area contributed by atoms with E-state index in [4.69, 9.17) is 4.74 Å². The molecule has 6 heteroatoms. The highest BCUT2D eigenvalue weighted by Crippen LogP contribution is 2.22. The van der Waals surface area contributed by atoms with Gasteiger partial charge in [-0.25, -0.2) is 4.98 Å². The van der Waals surface area contributed by atoms with Crippen molar-refractivity contribution in [3.05, 3.63) is 29.7 Å². The molecule has 1 aliphatic rings. The largest absolute Gasteiger partial charge is 0.490 e. The van der Waals surface area contributed by atoms with Crippen LogP contribution >= 0.6 is 0 Å². The zero-order chi connectivity index (χ0) is 16.2. The average molecular weight is 316 g/mol. The molecular weight excluding hydrogens is 292 g/mol. The van der Waals surface area contributed by atoms with E-state index < -0.39 is 0 Å². The van der Waals surface area contributed by atoms with Gasteiger partial charge < -0.3 is 15.0 Å². The number of imidazole rings is 1. The molecule has 1 aliphatic heterocycles. The number of fused-ring (bicyclic) bond motifs is 1. The lowest BCUT2D eigenvalue weighted by Crippen LogP contribution is -2.34. The first-order valence-corrected chi connectivity index (χ1v) is 8.31. The molecule has 23 heavy (non-hydrogen) atoms. The molecule has 6 nitrogen and oxygen atoms in total. The fourth-order valence-electron chi connectivity index (χ4n) is 3.12. The van der Waals surface area contributed by atoms with Crippen molar-refractivity contribution in [2.24, 2.45) is 0 Å². The van der Waals surface area contributed by atoms with Crippen LogP contribution in [0.5, 0.6) is 5.75 Å². The molecule has 124 valence electrons. The molecule has 3 rings (SSSR count). The number of ether oxygens (including phenoxy) is 1.